The topological polar surface area (TPSA) is 105 Å². The summed E-state index contributed by atoms with van der Waals surface area (Å²) in [7, 11) is 1.69. The number of benzene rings is 3. The molecule has 3 heterocycles. The van der Waals surface area contributed by atoms with E-state index in [-0.39, 0.29) is 23.8 Å². The number of methoxy groups -OCH3 is 1. The number of hydrogen-bond donors (Lipinski definition) is 2. The molecule has 5 fully saturated rings. The maximum atomic E-state index is 13.6. The summed E-state index contributed by atoms with van der Waals surface area (Å²) >= 11 is 0. The Morgan fingerprint density at radius 1 is 0.880 bits per heavy atom. The number of rotatable bonds is 16. The van der Waals surface area contributed by atoms with Crippen molar-refractivity contribution in [3.8, 4) is 5.75 Å². The Labute approximate surface area is 293 Å². The van der Waals surface area contributed by atoms with Crippen molar-refractivity contribution >= 4 is 28.4 Å². The third-order valence-corrected chi connectivity index (χ3v) is 10.8. The normalized spacial score (nSPS) is 21.8. The smallest absolute Gasteiger partial charge is 0.267 e. The molecule has 2 unspecified atom stereocenters. The summed E-state index contributed by atoms with van der Waals surface area (Å²) in [5.74, 6) is 0.485. The number of nitrogens with one attached hydrogen (secondary N) is 2. The lowest BCUT2D eigenvalue weighted by atomic mass is 9.76. The maximum Gasteiger partial charge on any atom is 0.267 e. The first-order valence-corrected chi connectivity index (χ1v) is 18.4. The van der Waals surface area contributed by atoms with Gasteiger partial charge in [0.1, 0.15) is 17.0 Å². The number of unbranched alkanes of at least 4 members (excludes halogenated alkanes) is 1. The van der Waals surface area contributed by atoms with E-state index in [1.54, 1.807) is 7.11 Å². The largest absolute Gasteiger partial charge is 0.497 e. The highest BCUT2D eigenvalue weighted by molar-refractivity contribution is 6.09. The summed E-state index contributed by atoms with van der Waals surface area (Å²) in [5.41, 5.74) is 5.21. The van der Waals surface area contributed by atoms with Crippen LogP contribution in [0.1, 0.15) is 79.8 Å². The van der Waals surface area contributed by atoms with Crippen molar-refractivity contribution in [1.82, 2.24) is 30.5 Å². The zero-order valence-corrected chi connectivity index (χ0v) is 28.8. The van der Waals surface area contributed by atoms with Crippen LogP contribution < -0.4 is 20.3 Å². The molecule has 0 spiro atoms. The van der Waals surface area contributed by atoms with Gasteiger partial charge in [0, 0.05) is 54.6 Å². The lowest BCUT2D eigenvalue weighted by molar-refractivity contribution is -0.118. The third kappa shape index (κ3) is 7.40. The molecule has 0 radical (unpaired) electrons. The monoisotopic (exact) mass is 673 g/mol. The van der Waals surface area contributed by atoms with E-state index in [9.17, 15) is 9.59 Å². The van der Waals surface area contributed by atoms with Crippen LogP contribution >= 0.6 is 0 Å². The summed E-state index contributed by atoms with van der Waals surface area (Å²) in [6.45, 7) is 2.65. The van der Waals surface area contributed by atoms with Crippen LogP contribution in [-0.4, -0.2) is 76.0 Å². The van der Waals surface area contributed by atoms with E-state index < -0.39 is 0 Å². The summed E-state index contributed by atoms with van der Waals surface area (Å²) < 4.78 is 7.68. The van der Waals surface area contributed by atoms with Crippen LogP contribution in [0.3, 0.4) is 0 Å². The van der Waals surface area contributed by atoms with Gasteiger partial charge in [0.25, 0.3) is 5.91 Å². The number of aromatic nitrogens is 3. The molecule has 2 aliphatic heterocycles. The number of fused-ring (bicyclic) bond motifs is 3. The lowest BCUT2D eigenvalue weighted by Crippen LogP contribution is -2.61. The summed E-state index contributed by atoms with van der Waals surface area (Å²) in [6, 6.07) is 26.4. The molecule has 3 aliphatic carbocycles. The number of hydrogen-bond acceptors (Lipinski definition) is 8. The average molecular weight is 674 g/mol. The van der Waals surface area contributed by atoms with Gasteiger partial charge >= 0.3 is 0 Å². The molecule has 5 aliphatic rings. The van der Waals surface area contributed by atoms with Gasteiger partial charge in [-0.05, 0) is 106 Å². The van der Waals surface area contributed by atoms with Gasteiger partial charge in [-0.3, -0.25) is 14.5 Å². The number of para-hydroxylation sites is 1. The number of piperidine rings is 1. The Morgan fingerprint density at radius 3 is 2.44 bits per heavy atom. The van der Waals surface area contributed by atoms with Crippen molar-refractivity contribution in [3.63, 3.8) is 0 Å². The molecule has 9 rings (SSSR count). The minimum Gasteiger partial charge on any atom is -0.497 e. The molecule has 3 aromatic carbocycles. The number of amides is 1. The highest BCUT2D eigenvalue weighted by Crippen LogP contribution is 2.44. The molecule has 3 saturated carbocycles. The molecule has 2 saturated heterocycles. The van der Waals surface area contributed by atoms with E-state index in [0.717, 1.165) is 92.5 Å². The number of nitrogens with zero attached hydrogens (tertiary/aromatic N) is 5. The fourth-order valence-electron chi connectivity index (χ4n) is 7.72. The average Bonchev–Trinajstić information content (AvgIpc) is 4.09. The number of anilines is 1. The van der Waals surface area contributed by atoms with Gasteiger partial charge in [0.15, 0.2) is 5.78 Å². The van der Waals surface area contributed by atoms with Crippen LogP contribution in [0, 0.1) is 0 Å². The Kier molecular flexibility index (Phi) is 9.27. The van der Waals surface area contributed by atoms with Crippen molar-refractivity contribution in [2.24, 2.45) is 0 Å². The van der Waals surface area contributed by atoms with Crippen LogP contribution in [-0.2, 0) is 11.3 Å². The number of carbonyl (C=O) groups excluding carboxylic acids is 2. The molecule has 50 heavy (non-hydrogen) atoms. The molecule has 4 aromatic rings. The van der Waals surface area contributed by atoms with E-state index >= 15 is 0 Å². The number of ether oxygens (including phenoxy) is 1. The van der Waals surface area contributed by atoms with Crippen molar-refractivity contribution in [2.75, 3.05) is 25.1 Å². The minimum atomic E-state index is -0.183. The van der Waals surface area contributed by atoms with E-state index in [1.165, 1.54) is 12.5 Å². The first-order chi connectivity index (χ1) is 24.5. The fraction of sp³-hybridized carbons (Fsp3) is 0.450. The van der Waals surface area contributed by atoms with Gasteiger partial charge in [-0.2, -0.15) is 0 Å². The third-order valence-electron chi connectivity index (χ3n) is 10.8. The number of allylic oxidation sites excluding steroid dienone is 1. The van der Waals surface area contributed by atoms with E-state index in [1.807, 2.05) is 42.5 Å². The first kappa shape index (κ1) is 32.5. The highest BCUT2D eigenvalue weighted by Gasteiger charge is 2.45. The van der Waals surface area contributed by atoms with Crippen LogP contribution in [0.15, 0.2) is 84.6 Å². The molecule has 10 nitrogen and oxygen atoms in total. The predicted octanol–water partition coefficient (Wildman–Crippen LogP) is 5.80. The second kappa shape index (κ2) is 14.3. The van der Waals surface area contributed by atoms with Gasteiger partial charge in [-0.1, -0.05) is 41.6 Å². The van der Waals surface area contributed by atoms with E-state index in [0.29, 0.717) is 35.9 Å². The van der Waals surface area contributed by atoms with E-state index in [2.05, 4.69) is 65.8 Å². The molecular formula is C40H47N7O3. The first-order valence-electron chi connectivity index (χ1n) is 18.4. The zero-order valence-electron chi connectivity index (χ0n) is 28.8. The molecule has 2 N–H and O–H groups in total. The Hall–Kier alpha value is -4.70. The molecule has 260 valence electrons. The standard InChI is InChI=1S/C40H47N7O3/c1-50-35-11-6-8-27(20-35)26-45(31-10-7-9-28(21-31)39(48)25-37(41-29-14-15-29)40(49)42-30-16-17-30)18-4-5-19-46-32-22-33(46)24-34(23-32)47-38-13-3-2-12-36(38)43-44-47/h2-3,6-13,20-21,25,29-30,32-34,41H,4-5,14-19,22-24,26H2,1H3,(H,42,49)/b37-25+. The summed E-state index contributed by atoms with van der Waals surface area (Å²) in [4.78, 5) is 31.6. The summed E-state index contributed by atoms with van der Waals surface area (Å²) in [6.07, 6.45) is 11.2. The molecule has 1 amide bonds. The van der Waals surface area contributed by atoms with Gasteiger partial charge in [-0.15, -0.1) is 5.10 Å². The van der Waals surface area contributed by atoms with Crippen molar-refractivity contribution in [2.45, 2.75) is 94.5 Å². The Balaban J connectivity index is 0.923. The minimum absolute atomic E-state index is 0.163. The molecule has 2 bridgehead atoms. The predicted molar refractivity (Wildman–Crippen MR) is 194 cm³/mol. The maximum absolute atomic E-state index is 13.6. The Bertz CT molecular complexity index is 1870. The lowest BCUT2D eigenvalue weighted by Gasteiger charge is -2.55. The fourth-order valence-corrected chi connectivity index (χ4v) is 7.72. The molecular weight excluding hydrogens is 626 g/mol. The van der Waals surface area contributed by atoms with Crippen LogP contribution in [0.2, 0.25) is 0 Å². The van der Waals surface area contributed by atoms with Gasteiger partial charge in [0.2, 0.25) is 0 Å². The number of carbonyl (C=O) groups is 2. The zero-order chi connectivity index (χ0) is 34.0. The highest BCUT2D eigenvalue weighted by atomic mass is 16.5. The second-order valence-corrected chi connectivity index (χ2v) is 14.5. The summed E-state index contributed by atoms with van der Waals surface area (Å²) in [5, 5.41) is 15.2. The van der Waals surface area contributed by atoms with Gasteiger partial charge in [0.05, 0.1) is 18.7 Å². The van der Waals surface area contributed by atoms with Crippen LogP contribution in [0.4, 0.5) is 5.69 Å². The van der Waals surface area contributed by atoms with Gasteiger partial charge in [-0.25, -0.2) is 4.68 Å². The Morgan fingerprint density at radius 2 is 1.64 bits per heavy atom. The molecule has 1 aromatic heterocycles. The van der Waals surface area contributed by atoms with Crippen molar-refractivity contribution < 1.29 is 14.3 Å². The van der Waals surface area contributed by atoms with Gasteiger partial charge < -0.3 is 20.3 Å². The second-order valence-electron chi connectivity index (χ2n) is 14.5. The van der Waals surface area contributed by atoms with Crippen molar-refractivity contribution in [3.05, 3.63) is 95.7 Å². The quantitative estimate of drug-likeness (QED) is 0.0874. The van der Waals surface area contributed by atoms with Crippen molar-refractivity contribution in [1.29, 1.82) is 0 Å². The SMILES string of the molecule is COc1cccc(CN(CCCCN2C3CC2CC(n2nnc4ccccc42)C3)c2cccc(C(=O)/C=C(/NC3CC3)C(=O)NC3CC3)c2)c1. The van der Waals surface area contributed by atoms with E-state index in [4.69, 9.17) is 4.74 Å². The molecule has 10 heteroatoms. The molecule has 2 atom stereocenters. The number of ketones is 1. The van der Waals surface area contributed by atoms with Crippen LogP contribution in [0.5, 0.6) is 5.75 Å². The van der Waals surface area contributed by atoms with Crippen LogP contribution in [0.25, 0.3) is 11.0 Å².